The molecule has 0 aliphatic heterocycles. The van der Waals surface area contributed by atoms with Crippen LogP contribution in [0.1, 0.15) is 18.1 Å². The van der Waals surface area contributed by atoms with E-state index in [1.165, 1.54) is 7.11 Å². The van der Waals surface area contributed by atoms with E-state index in [1.807, 2.05) is 13.8 Å². The standard InChI is InChI=1S/C18H19Cl2NO3/c1-10-7-14(8-11(2)17(10)20)24-12(3)18(22)21-15-9-13(19)5-6-16(15)23-4/h5-9,12H,1-4H3,(H,21,22). The molecule has 0 radical (unpaired) electrons. The first kappa shape index (κ1) is 18.4. The second-order valence-corrected chi connectivity index (χ2v) is 6.28. The van der Waals surface area contributed by atoms with Gasteiger partial charge in [-0.05, 0) is 62.2 Å². The number of rotatable bonds is 5. The fraction of sp³-hybridized carbons (Fsp3) is 0.278. The molecule has 0 bridgehead atoms. The predicted octanol–water partition coefficient (Wildman–Crippen LogP) is 5.02. The van der Waals surface area contributed by atoms with E-state index < -0.39 is 6.10 Å². The van der Waals surface area contributed by atoms with Gasteiger partial charge in [0.2, 0.25) is 0 Å². The number of hydrogen-bond donors (Lipinski definition) is 1. The maximum Gasteiger partial charge on any atom is 0.265 e. The van der Waals surface area contributed by atoms with E-state index in [0.29, 0.717) is 27.2 Å². The average molecular weight is 368 g/mol. The zero-order chi connectivity index (χ0) is 17.9. The molecular weight excluding hydrogens is 349 g/mol. The molecule has 0 aliphatic rings. The summed E-state index contributed by atoms with van der Waals surface area (Å²) >= 11 is 12.1. The minimum absolute atomic E-state index is 0.305. The third kappa shape index (κ3) is 4.34. The number of nitrogens with one attached hydrogen (secondary N) is 1. The summed E-state index contributed by atoms with van der Waals surface area (Å²) in [6.07, 6.45) is -0.700. The van der Waals surface area contributed by atoms with Crippen molar-refractivity contribution in [3.63, 3.8) is 0 Å². The number of benzene rings is 2. The van der Waals surface area contributed by atoms with Crippen molar-refractivity contribution in [1.82, 2.24) is 0 Å². The highest BCUT2D eigenvalue weighted by Gasteiger charge is 2.17. The Hall–Kier alpha value is -1.91. The van der Waals surface area contributed by atoms with Crippen LogP contribution in [0.2, 0.25) is 10.0 Å². The van der Waals surface area contributed by atoms with Gasteiger partial charge < -0.3 is 14.8 Å². The summed E-state index contributed by atoms with van der Waals surface area (Å²) in [5, 5.41) is 3.96. The van der Waals surface area contributed by atoms with Crippen LogP contribution in [0, 0.1) is 13.8 Å². The number of ether oxygens (including phenoxy) is 2. The van der Waals surface area contributed by atoms with Gasteiger partial charge in [-0.15, -0.1) is 0 Å². The Balaban J connectivity index is 2.12. The summed E-state index contributed by atoms with van der Waals surface area (Å²) in [5.74, 6) is 0.814. The molecular formula is C18H19Cl2NO3. The van der Waals surface area contributed by atoms with Crippen LogP contribution >= 0.6 is 23.2 Å². The maximum atomic E-state index is 12.4. The summed E-state index contributed by atoms with van der Waals surface area (Å²) in [6, 6.07) is 8.62. The Labute approximate surface area is 151 Å². The smallest absolute Gasteiger partial charge is 0.265 e. The monoisotopic (exact) mass is 367 g/mol. The Kier molecular flexibility index (Phi) is 5.97. The molecule has 1 unspecified atom stereocenters. The highest BCUT2D eigenvalue weighted by atomic mass is 35.5. The van der Waals surface area contributed by atoms with E-state index in [-0.39, 0.29) is 5.91 Å². The molecule has 0 saturated carbocycles. The molecule has 0 aromatic heterocycles. The van der Waals surface area contributed by atoms with Crippen LogP contribution < -0.4 is 14.8 Å². The van der Waals surface area contributed by atoms with Crippen molar-refractivity contribution < 1.29 is 14.3 Å². The van der Waals surface area contributed by atoms with Gasteiger partial charge in [-0.25, -0.2) is 0 Å². The van der Waals surface area contributed by atoms with E-state index in [9.17, 15) is 4.79 Å². The summed E-state index contributed by atoms with van der Waals surface area (Å²) in [4.78, 5) is 12.4. The quantitative estimate of drug-likeness (QED) is 0.806. The Bertz CT molecular complexity index is 739. The van der Waals surface area contributed by atoms with E-state index >= 15 is 0 Å². The van der Waals surface area contributed by atoms with Crippen LogP contribution in [0.25, 0.3) is 0 Å². The van der Waals surface area contributed by atoms with Gasteiger partial charge in [0.05, 0.1) is 12.8 Å². The van der Waals surface area contributed by atoms with Gasteiger partial charge in [-0.1, -0.05) is 23.2 Å². The molecule has 2 aromatic rings. The number of carbonyl (C=O) groups excluding carboxylic acids is 1. The molecule has 0 fully saturated rings. The van der Waals surface area contributed by atoms with Crippen molar-refractivity contribution in [1.29, 1.82) is 0 Å². The first-order chi connectivity index (χ1) is 11.3. The molecule has 24 heavy (non-hydrogen) atoms. The number of carbonyl (C=O) groups is 1. The third-order valence-corrected chi connectivity index (χ3v) is 4.34. The zero-order valence-corrected chi connectivity index (χ0v) is 15.5. The first-order valence-electron chi connectivity index (χ1n) is 7.39. The molecule has 0 saturated heterocycles. The second kappa shape index (κ2) is 7.77. The summed E-state index contributed by atoms with van der Waals surface area (Å²) in [7, 11) is 1.53. The van der Waals surface area contributed by atoms with E-state index in [2.05, 4.69) is 5.32 Å². The Morgan fingerprint density at radius 1 is 1.12 bits per heavy atom. The Morgan fingerprint density at radius 2 is 1.75 bits per heavy atom. The predicted molar refractivity (Wildman–Crippen MR) is 97.6 cm³/mol. The molecule has 1 atom stereocenters. The fourth-order valence-corrected chi connectivity index (χ4v) is 2.53. The minimum atomic E-state index is -0.700. The maximum absolute atomic E-state index is 12.4. The Morgan fingerprint density at radius 3 is 2.33 bits per heavy atom. The van der Waals surface area contributed by atoms with Gasteiger partial charge in [0.25, 0.3) is 5.91 Å². The van der Waals surface area contributed by atoms with Gasteiger partial charge in [-0.3, -0.25) is 4.79 Å². The number of hydrogen-bond acceptors (Lipinski definition) is 3. The van der Waals surface area contributed by atoms with Crippen LogP contribution in [-0.4, -0.2) is 19.1 Å². The highest BCUT2D eigenvalue weighted by molar-refractivity contribution is 6.32. The molecule has 1 N–H and O–H groups in total. The van der Waals surface area contributed by atoms with Gasteiger partial charge in [0, 0.05) is 10.0 Å². The van der Waals surface area contributed by atoms with Crippen LogP contribution in [0.4, 0.5) is 5.69 Å². The normalized spacial score (nSPS) is 11.8. The SMILES string of the molecule is COc1ccc(Cl)cc1NC(=O)C(C)Oc1cc(C)c(Cl)c(C)c1. The van der Waals surface area contributed by atoms with Crippen LogP contribution in [0.3, 0.4) is 0 Å². The summed E-state index contributed by atoms with van der Waals surface area (Å²) < 4.78 is 10.9. The van der Waals surface area contributed by atoms with Gasteiger partial charge in [0.15, 0.2) is 6.10 Å². The van der Waals surface area contributed by atoms with Crippen LogP contribution in [0.15, 0.2) is 30.3 Å². The third-order valence-electron chi connectivity index (χ3n) is 3.51. The number of methoxy groups -OCH3 is 1. The van der Waals surface area contributed by atoms with Crippen molar-refractivity contribution in [2.75, 3.05) is 12.4 Å². The number of halogens is 2. The van der Waals surface area contributed by atoms with Gasteiger partial charge >= 0.3 is 0 Å². The molecule has 1 amide bonds. The van der Waals surface area contributed by atoms with Crippen LogP contribution in [0.5, 0.6) is 11.5 Å². The fourth-order valence-electron chi connectivity index (χ4n) is 2.24. The zero-order valence-electron chi connectivity index (χ0n) is 13.9. The first-order valence-corrected chi connectivity index (χ1v) is 8.15. The topological polar surface area (TPSA) is 47.6 Å². The van der Waals surface area contributed by atoms with Crippen molar-refractivity contribution in [3.05, 3.63) is 51.5 Å². The summed E-state index contributed by atoms with van der Waals surface area (Å²) in [6.45, 7) is 5.46. The van der Waals surface area contributed by atoms with E-state index in [0.717, 1.165) is 11.1 Å². The summed E-state index contributed by atoms with van der Waals surface area (Å²) in [5.41, 5.74) is 2.29. The number of amides is 1. The average Bonchev–Trinajstić information content (AvgIpc) is 2.52. The van der Waals surface area contributed by atoms with Crippen molar-refractivity contribution in [3.8, 4) is 11.5 Å². The van der Waals surface area contributed by atoms with Gasteiger partial charge in [0.1, 0.15) is 11.5 Å². The lowest BCUT2D eigenvalue weighted by molar-refractivity contribution is -0.122. The van der Waals surface area contributed by atoms with E-state index in [4.69, 9.17) is 32.7 Å². The van der Waals surface area contributed by atoms with Crippen LogP contribution in [-0.2, 0) is 4.79 Å². The minimum Gasteiger partial charge on any atom is -0.495 e. The lowest BCUT2D eigenvalue weighted by atomic mass is 10.1. The molecule has 4 nitrogen and oxygen atoms in total. The van der Waals surface area contributed by atoms with Gasteiger partial charge in [-0.2, -0.15) is 0 Å². The van der Waals surface area contributed by atoms with Crippen molar-refractivity contribution in [2.24, 2.45) is 0 Å². The number of anilines is 1. The lowest BCUT2D eigenvalue weighted by Gasteiger charge is -2.17. The highest BCUT2D eigenvalue weighted by Crippen LogP contribution is 2.29. The van der Waals surface area contributed by atoms with E-state index in [1.54, 1.807) is 37.3 Å². The lowest BCUT2D eigenvalue weighted by Crippen LogP contribution is -2.30. The molecule has 2 rings (SSSR count). The molecule has 0 aliphatic carbocycles. The molecule has 0 heterocycles. The largest absolute Gasteiger partial charge is 0.495 e. The van der Waals surface area contributed by atoms with Crippen molar-refractivity contribution >= 4 is 34.8 Å². The van der Waals surface area contributed by atoms with Crippen molar-refractivity contribution in [2.45, 2.75) is 26.9 Å². The molecule has 6 heteroatoms. The number of aryl methyl sites for hydroxylation is 2. The molecule has 0 spiro atoms. The molecule has 2 aromatic carbocycles. The second-order valence-electron chi connectivity index (χ2n) is 5.46. The molecule has 128 valence electrons.